The summed E-state index contributed by atoms with van der Waals surface area (Å²) in [5.74, 6) is 1.80. The van der Waals surface area contributed by atoms with E-state index in [4.69, 9.17) is 9.72 Å². The molecule has 0 unspecified atom stereocenters. The minimum Gasteiger partial charge on any atom is -0.497 e. The van der Waals surface area contributed by atoms with Gasteiger partial charge >= 0.3 is 0 Å². The number of hydrogen-bond donors (Lipinski definition) is 2. The van der Waals surface area contributed by atoms with Gasteiger partial charge in [-0.15, -0.1) is 0 Å². The quantitative estimate of drug-likeness (QED) is 0.620. The predicted molar refractivity (Wildman–Crippen MR) is 117 cm³/mol. The molecule has 30 heavy (non-hydrogen) atoms. The molecule has 5 nitrogen and oxygen atoms in total. The Morgan fingerprint density at radius 1 is 1.17 bits per heavy atom. The van der Waals surface area contributed by atoms with Gasteiger partial charge in [0, 0.05) is 49.8 Å². The maximum Gasteiger partial charge on any atom is 0.133 e. The van der Waals surface area contributed by atoms with E-state index in [0.717, 1.165) is 59.5 Å². The van der Waals surface area contributed by atoms with Gasteiger partial charge in [-0.25, -0.2) is 9.37 Å². The van der Waals surface area contributed by atoms with Gasteiger partial charge < -0.3 is 20.1 Å². The second-order valence-corrected chi connectivity index (χ2v) is 7.90. The molecule has 0 bridgehead atoms. The zero-order valence-electron chi connectivity index (χ0n) is 17.3. The molecular formula is C24H28FN3O2. The third kappa shape index (κ3) is 4.71. The van der Waals surface area contributed by atoms with Crippen LogP contribution in [0.5, 0.6) is 5.75 Å². The molecule has 1 aliphatic rings. The largest absolute Gasteiger partial charge is 0.497 e. The molecule has 1 saturated heterocycles. The summed E-state index contributed by atoms with van der Waals surface area (Å²) in [6.07, 6.45) is 2.10. The summed E-state index contributed by atoms with van der Waals surface area (Å²) in [7, 11) is 1.66. The van der Waals surface area contributed by atoms with Gasteiger partial charge in [0.15, 0.2) is 0 Å². The molecule has 2 aromatic carbocycles. The van der Waals surface area contributed by atoms with E-state index >= 15 is 0 Å². The maximum atomic E-state index is 13.1. The highest BCUT2D eigenvalue weighted by Gasteiger charge is 2.23. The van der Waals surface area contributed by atoms with E-state index < -0.39 is 0 Å². The van der Waals surface area contributed by atoms with Crippen molar-refractivity contribution in [2.45, 2.75) is 25.9 Å². The number of pyridine rings is 1. The van der Waals surface area contributed by atoms with Gasteiger partial charge in [0.05, 0.1) is 12.6 Å². The van der Waals surface area contributed by atoms with Crippen LogP contribution in [-0.2, 0) is 13.1 Å². The van der Waals surface area contributed by atoms with Gasteiger partial charge in [-0.3, -0.25) is 0 Å². The molecule has 0 radical (unpaired) electrons. The smallest absolute Gasteiger partial charge is 0.133 e. The molecule has 4 rings (SSSR count). The standard InChI is InChI=1S/C24H28FN3O2/c1-30-22-9-6-19-11-20(14-26-13-17-4-7-21(25)8-5-17)24(27-23(19)12-22)28-10-2-3-18(15-28)16-29/h4-9,11-12,18,26,29H,2-3,10,13-16H2,1H3/t18-/m1/s1. The SMILES string of the molecule is COc1ccc2cc(CNCc3ccc(F)cc3)c(N3CCC[C@@H](CO)C3)nc2c1. The minimum absolute atomic E-state index is 0.204. The lowest BCUT2D eigenvalue weighted by atomic mass is 9.98. The lowest BCUT2D eigenvalue weighted by molar-refractivity contribution is 0.208. The Hall–Kier alpha value is -2.70. The van der Waals surface area contributed by atoms with Crippen molar-refractivity contribution in [3.8, 4) is 5.75 Å². The van der Waals surface area contributed by atoms with Gasteiger partial charge in [-0.05, 0) is 54.7 Å². The number of aliphatic hydroxyl groups excluding tert-OH is 1. The Balaban J connectivity index is 1.60. The summed E-state index contributed by atoms with van der Waals surface area (Å²) in [6.45, 7) is 3.26. The molecular weight excluding hydrogens is 381 g/mol. The van der Waals surface area contributed by atoms with Gasteiger partial charge in [0.2, 0.25) is 0 Å². The number of anilines is 1. The van der Waals surface area contributed by atoms with E-state index in [1.54, 1.807) is 19.2 Å². The number of rotatable bonds is 7. The molecule has 1 atom stereocenters. The summed E-state index contributed by atoms with van der Waals surface area (Å²) in [6, 6.07) is 14.7. The second kappa shape index (κ2) is 9.41. The molecule has 3 aromatic rings. The van der Waals surface area contributed by atoms with Gasteiger partial charge in [0.25, 0.3) is 0 Å². The van der Waals surface area contributed by atoms with Gasteiger partial charge in [0.1, 0.15) is 17.4 Å². The van der Waals surface area contributed by atoms with Crippen LogP contribution in [0, 0.1) is 11.7 Å². The summed E-state index contributed by atoms with van der Waals surface area (Å²) in [4.78, 5) is 7.28. The van der Waals surface area contributed by atoms with Crippen LogP contribution in [0.4, 0.5) is 10.2 Å². The van der Waals surface area contributed by atoms with Gasteiger partial charge in [-0.1, -0.05) is 12.1 Å². The van der Waals surface area contributed by atoms with E-state index in [1.165, 1.54) is 12.1 Å². The molecule has 1 fully saturated rings. The third-order valence-corrected chi connectivity index (χ3v) is 5.72. The van der Waals surface area contributed by atoms with E-state index in [-0.39, 0.29) is 18.3 Å². The van der Waals surface area contributed by atoms with Crippen LogP contribution in [0.1, 0.15) is 24.0 Å². The van der Waals surface area contributed by atoms with Gasteiger partial charge in [-0.2, -0.15) is 0 Å². The first-order chi connectivity index (χ1) is 14.7. The number of aliphatic hydroxyl groups is 1. The Morgan fingerprint density at radius 3 is 2.77 bits per heavy atom. The summed E-state index contributed by atoms with van der Waals surface area (Å²) < 4.78 is 18.5. The summed E-state index contributed by atoms with van der Waals surface area (Å²) >= 11 is 0. The van der Waals surface area contributed by atoms with Crippen LogP contribution in [0.3, 0.4) is 0 Å². The second-order valence-electron chi connectivity index (χ2n) is 7.90. The van der Waals surface area contributed by atoms with Crippen molar-refractivity contribution in [3.63, 3.8) is 0 Å². The fraction of sp³-hybridized carbons (Fsp3) is 0.375. The number of nitrogens with zero attached hydrogens (tertiary/aromatic N) is 2. The van der Waals surface area contributed by atoms with E-state index in [9.17, 15) is 9.50 Å². The van der Waals surface area contributed by atoms with Crippen LogP contribution < -0.4 is 15.0 Å². The van der Waals surface area contributed by atoms with Crippen molar-refractivity contribution < 1.29 is 14.2 Å². The summed E-state index contributed by atoms with van der Waals surface area (Å²) in [5.41, 5.74) is 3.06. The Bertz CT molecular complexity index is 994. The molecule has 158 valence electrons. The highest BCUT2D eigenvalue weighted by Crippen LogP contribution is 2.29. The molecule has 0 saturated carbocycles. The van der Waals surface area contributed by atoms with Crippen molar-refractivity contribution in [2.24, 2.45) is 5.92 Å². The highest BCUT2D eigenvalue weighted by molar-refractivity contribution is 5.83. The fourth-order valence-corrected chi connectivity index (χ4v) is 4.06. The van der Waals surface area contributed by atoms with E-state index in [2.05, 4.69) is 16.3 Å². The Morgan fingerprint density at radius 2 is 2.00 bits per heavy atom. The Kier molecular flexibility index (Phi) is 6.45. The van der Waals surface area contributed by atoms with Crippen molar-refractivity contribution in [2.75, 3.05) is 31.7 Å². The zero-order chi connectivity index (χ0) is 20.9. The average Bonchev–Trinajstić information content (AvgIpc) is 2.79. The van der Waals surface area contributed by atoms with Crippen LogP contribution in [0.15, 0.2) is 48.5 Å². The maximum absolute atomic E-state index is 13.1. The van der Waals surface area contributed by atoms with Crippen LogP contribution in [0.25, 0.3) is 10.9 Å². The fourth-order valence-electron chi connectivity index (χ4n) is 4.06. The molecule has 1 aromatic heterocycles. The summed E-state index contributed by atoms with van der Waals surface area (Å²) in [5, 5.41) is 14.2. The lowest BCUT2D eigenvalue weighted by Crippen LogP contribution is -2.38. The molecule has 0 amide bonds. The topological polar surface area (TPSA) is 57.6 Å². The first-order valence-corrected chi connectivity index (χ1v) is 10.4. The molecule has 0 spiro atoms. The van der Waals surface area contributed by atoms with E-state index in [1.807, 2.05) is 18.2 Å². The van der Waals surface area contributed by atoms with Crippen molar-refractivity contribution in [1.82, 2.24) is 10.3 Å². The zero-order valence-corrected chi connectivity index (χ0v) is 17.3. The number of aromatic nitrogens is 1. The van der Waals surface area contributed by atoms with E-state index in [0.29, 0.717) is 13.1 Å². The van der Waals surface area contributed by atoms with Crippen LogP contribution in [0.2, 0.25) is 0 Å². The number of halogens is 1. The molecule has 6 heteroatoms. The Labute approximate surface area is 176 Å². The number of methoxy groups -OCH3 is 1. The van der Waals surface area contributed by atoms with Crippen molar-refractivity contribution in [1.29, 1.82) is 0 Å². The number of benzene rings is 2. The number of nitrogens with one attached hydrogen (secondary N) is 1. The average molecular weight is 410 g/mol. The predicted octanol–water partition coefficient (Wildman–Crippen LogP) is 3.88. The highest BCUT2D eigenvalue weighted by atomic mass is 19.1. The van der Waals surface area contributed by atoms with Crippen molar-refractivity contribution in [3.05, 3.63) is 65.5 Å². The van der Waals surface area contributed by atoms with Crippen molar-refractivity contribution >= 4 is 16.7 Å². The molecule has 2 heterocycles. The normalized spacial score (nSPS) is 16.8. The molecule has 1 aliphatic heterocycles. The molecule has 2 N–H and O–H groups in total. The number of piperidine rings is 1. The number of fused-ring (bicyclic) bond motifs is 1. The number of ether oxygens (including phenoxy) is 1. The third-order valence-electron chi connectivity index (χ3n) is 5.72. The lowest BCUT2D eigenvalue weighted by Gasteiger charge is -2.34. The monoisotopic (exact) mass is 409 g/mol. The minimum atomic E-state index is -0.223. The first-order valence-electron chi connectivity index (χ1n) is 10.4. The number of hydrogen-bond acceptors (Lipinski definition) is 5. The first kappa shape index (κ1) is 20.6. The van der Waals surface area contributed by atoms with Crippen LogP contribution >= 0.6 is 0 Å². The molecule has 0 aliphatic carbocycles. The van der Waals surface area contributed by atoms with Crippen LogP contribution in [-0.4, -0.2) is 36.9 Å².